The van der Waals surface area contributed by atoms with Gasteiger partial charge in [0.05, 0.1) is 24.0 Å². The van der Waals surface area contributed by atoms with Crippen LogP contribution in [0.3, 0.4) is 0 Å². The molecular weight excluding hydrogens is 346 g/mol. The molecule has 0 saturated heterocycles. The number of carbonyl (C=O) groups is 1. The van der Waals surface area contributed by atoms with Gasteiger partial charge >= 0.3 is 6.18 Å². The predicted molar refractivity (Wildman–Crippen MR) is 81.2 cm³/mol. The largest absolute Gasteiger partial charge is 0.419 e. The van der Waals surface area contributed by atoms with Crippen LogP contribution in [0, 0.1) is 12.7 Å². The second-order valence-corrected chi connectivity index (χ2v) is 6.42. The Morgan fingerprint density at radius 3 is 2.71 bits per heavy atom. The first-order chi connectivity index (χ1) is 11.3. The molecule has 9 heteroatoms. The average Bonchev–Trinajstić information content (AvgIpc) is 3.05. The highest BCUT2D eigenvalue weighted by Gasteiger charge is 2.35. The highest BCUT2D eigenvalue weighted by molar-refractivity contribution is 7.15. The Bertz CT molecular complexity index is 829. The summed E-state index contributed by atoms with van der Waals surface area (Å²) < 4.78 is 52.7. The maximum atomic E-state index is 14.2. The van der Waals surface area contributed by atoms with Crippen molar-refractivity contribution in [2.75, 3.05) is 6.54 Å². The fraction of sp³-hybridized carbons (Fsp3) is 0.267. The number of hydrazone groups is 1. The van der Waals surface area contributed by atoms with Crippen molar-refractivity contribution in [1.29, 1.82) is 0 Å². The Hall–Kier alpha value is -2.29. The van der Waals surface area contributed by atoms with Crippen LogP contribution in [0.2, 0.25) is 0 Å². The lowest BCUT2D eigenvalue weighted by Gasteiger charge is -2.11. The Morgan fingerprint density at radius 2 is 2.08 bits per heavy atom. The normalized spacial score (nSPS) is 14.7. The van der Waals surface area contributed by atoms with Crippen LogP contribution in [0.4, 0.5) is 17.6 Å². The van der Waals surface area contributed by atoms with Crippen molar-refractivity contribution < 1.29 is 22.4 Å². The van der Waals surface area contributed by atoms with Crippen LogP contribution in [0.1, 0.15) is 16.1 Å². The number of aromatic nitrogens is 1. The molecule has 0 aliphatic carbocycles. The van der Waals surface area contributed by atoms with Crippen molar-refractivity contribution in [3.8, 4) is 10.6 Å². The number of ketones is 1. The summed E-state index contributed by atoms with van der Waals surface area (Å²) in [6.07, 6.45) is -3.56. The molecule has 0 radical (unpaired) electrons. The summed E-state index contributed by atoms with van der Waals surface area (Å²) in [5.41, 5.74) is -0.951. The molecule has 4 nitrogen and oxygen atoms in total. The lowest BCUT2D eigenvalue weighted by atomic mass is 10.1. The third-order valence-electron chi connectivity index (χ3n) is 3.46. The summed E-state index contributed by atoms with van der Waals surface area (Å²) in [6.45, 7) is 2.11. The van der Waals surface area contributed by atoms with E-state index in [9.17, 15) is 22.4 Å². The molecule has 1 aromatic carbocycles. The molecule has 0 bridgehead atoms. The Morgan fingerprint density at radius 1 is 1.33 bits per heavy atom. The fourth-order valence-corrected chi connectivity index (χ4v) is 3.22. The second-order valence-electron chi connectivity index (χ2n) is 5.22. The molecule has 1 aliphatic heterocycles. The number of aryl methyl sites for hydroxylation is 1. The van der Waals surface area contributed by atoms with Gasteiger partial charge in [0.25, 0.3) is 0 Å². The van der Waals surface area contributed by atoms with Crippen LogP contribution in [0.5, 0.6) is 0 Å². The number of carbonyl (C=O) groups excluding carboxylic acids is 1. The molecule has 0 fully saturated rings. The van der Waals surface area contributed by atoms with E-state index in [1.54, 1.807) is 6.92 Å². The van der Waals surface area contributed by atoms with Gasteiger partial charge in [-0.1, -0.05) is 6.07 Å². The summed E-state index contributed by atoms with van der Waals surface area (Å²) in [4.78, 5) is 16.1. The summed E-state index contributed by atoms with van der Waals surface area (Å²) >= 11 is 1.10. The minimum absolute atomic E-state index is 0.129. The van der Waals surface area contributed by atoms with Crippen molar-refractivity contribution in [1.82, 2.24) is 9.99 Å². The molecule has 0 atom stereocenters. The van der Waals surface area contributed by atoms with Gasteiger partial charge in [-0.3, -0.25) is 9.80 Å². The number of halogens is 4. The van der Waals surface area contributed by atoms with Gasteiger partial charge in [0.1, 0.15) is 17.4 Å². The number of Topliss-reactive ketones (excluding diaryl/α,β-unsaturated/α-hetero) is 1. The highest BCUT2D eigenvalue weighted by atomic mass is 32.1. The third kappa shape index (κ3) is 3.16. The maximum Gasteiger partial charge on any atom is 0.419 e. The number of thiazole rings is 1. The molecule has 2 aromatic rings. The molecule has 2 heterocycles. The van der Waals surface area contributed by atoms with Crippen LogP contribution < -0.4 is 0 Å². The first-order valence-corrected chi connectivity index (χ1v) is 7.71. The topological polar surface area (TPSA) is 45.6 Å². The molecule has 0 amide bonds. The Labute approximate surface area is 138 Å². The van der Waals surface area contributed by atoms with Gasteiger partial charge in [-0.15, -0.1) is 11.3 Å². The van der Waals surface area contributed by atoms with Crippen molar-refractivity contribution in [2.45, 2.75) is 19.6 Å². The Kier molecular flexibility index (Phi) is 4.12. The van der Waals surface area contributed by atoms with Crippen LogP contribution in [-0.4, -0.2) is 28.5 Å². The molecule has 0 saturated carbocycles. The molecule has 1 aromatic heterocycles. The quantitative estimate of drug-likeness (QED) is 0.788. The van der Waals surface area contributed by atoms with E-state index in [4.69, 9.17) is 0 Å². The number of hydrogen-bond donors (Lipinski definition) is 0. The number of rotatable bonds is 3. The van der Waals surface area contributed by atoms with E-state index < -0.39 is 17.6 Å². The molecule has 3 rings (SSSR count). The average molecular weight is 357 g/mol. The highest BCUT2D eigenvalue weighted by Crippen LogP contribution is 2.37. The molecule has 24 heavy (non-hydrogen) atoms. The lowest BCUT2D eigenvalue weighted by molar-refractivity contribution is -0.139. The lowest BCUT2D eigenvalue weighted by Crippen LogP contribution is -2.18. The molecule has 0 N–H and O–H groups in total. The second kappa shape index (κ2) is 5.97. The minimum atomic E-state index is -4.76. The number of nitrogens with zero attached hydrogens (tertiary/aromatic N) is 3. The van der Waals surface area contributed by atoms with E-state index in [-0.39, 0.29) is 29.4 Å². The minimum Gasteiger partial charge on any atom is -0.291 e. The zero-order valence-corrected chi connectivity index (χ0v) is 13.2. The van der Waals surface area contributed by atoms with Gasteiger partial charge in [-0.25, -0.2) is 9.37 Å². The smallest absolute Gasteiger partial charge is 0.291 e. The van der Waals surface area contributed by atoms with Gasteiger partial charge in [-0.05, 0) is 19.1 Å². The van der Waals surface area contributed by atoms with Gasteiger partial charge in [0.2, 0.25) is 0 Å². The molecular formula is C15H11F4N3OS. The van der Waals surface area contributed by atoms with Gasteiger partial charge < -0.3 is 0 Å². The van der Waals surface area contributed by atoms with Gasteiger partial charge in [-0.2, -0.15) is 18.3 Å². The van der Waals surface area contributed by atoms with Crippen molar-refractivity contribution in [2.24, 2.45) is 5.10 Å². The van der Waals surface area contributed by atoms with E-state index in [1.165, 1.54) is 17.3 Å². The zero-order valence-electron chi connectivity index (χ0n) is 12.4. The molecule has 126 valence electrons. The van der Waals surface area contributed by atoms with Crippen LogP contribution >= 0.6 is 11.3 Å². The van der Waals surface area contributed by atoms with Gasteiger partial charge in [0, 0.05) is 10.4 Å². The monoisotopic (exact) mass is 357 g/mol. The van der Waals surface area contributed by atoms with E-state index in [0.29, 0.717) is 11.8 Å². The molecule has 0 spiro atoms. The van der Waals surface area contributed by atoms with E-state index in [2.05, 4.69) is 10.1 Å². The van der Waals surface area contributed by atoms with Crippen molar-refractivity contribution in [3.05, 3.63) is 40.2 Å². The van der Waals surface area contributed by atoms with E-state index >= 15 is 0 Å². The van der Waals surface area contributed by atoms with E-state index in [1.807, 2.05) is 0 Å². The zero-order chi connectivity index (χ0) is 17.5. The number of alkyl halides is 3. The van der Waals surface area contributed by atoms with Gasteiger partial charge in [0.15, 0.2) is 5.78 Å². The number of hydrogen-bond acceptors (Lipinski definition) is 5. The van der Waals surface area contributed by atoms with Crippen LogP contribution in [0.25, 0.3) is 10.6 Å². The Balaban J connectivity index is 1.93. The summed E-state index contributed by atoms with van der Waals surface area (Å²) in [6, 6.07) is 3.12. The van der Waals surface area contributed by atoms with Crippen LogP contribution in [-0.2, 0) is 17.5 Å². The summed E-state index contributed by atoms with van der Waals surface area (Å²) in [5, 5.41) is 5.56. The van der Waals surface area contributed by atoms with Crippen molar-refractivity contribution in [3.63, 3.8) is 0 Å². The van der Waals surface area contributed by atoms with Crippen LogP contribution in [0.15, 0.2) is 23.3 Å². The van der Waals surface area contributed by atoms with E-state index in [0.717, 1.165) is 22.3 Å². The molecule has 0 unspecified atom stereocenters. The predicted octanol–water partition coefficient (Wildman–Crippen LogP) is 3.65. The first-order valence-electron chi connectivity index (χ1n) is 6.90. The fourth-order valence-electron chi connectivity index (χ4n) is 2.28. The number of benzene rings is 1. The van der Waals surface area contributed by atoms with Crippen molar-refractivity contribution >= 4 is 23.3 Å². The standard InChI is InChI=1S/C15H11F4N3OS/c1-8-12(7-22-6-9(23)5-20-22)21-14(24-8)10-3-2-4-11(13(10)16)15(17,18)19/h2-5H,6-7H2,1H3. The maximum absolute atomic E-state index is 14.2. The molecule has 1 aliphatic rings. The summed E-state index contributed by atoms with van der Waals surface area (Å²) in [5.74, 6) is -1.47. The first kappa shape index (κ1) is 16.6. The SMILES string of the molecule is Cc1sc(-c2cccc(C(F)(F)F)c2F)nc1CN1CC(=O)C=N1. The third-order valence-corrected chi connectivity index (χ3v) is 4.51. The summed E-state index contributed by atoms with van der Waals surface area (Å²) in [7, 11) is 0.